The van der Waals surface area contributed by atoms with E-state index in [9.17, 15) is 29.7 Å². The zero-order valence-corrected chi connectivity index (χ0v) is 22.4. The number of carbonyl (C=O) groups excluding carboxylic acids is 3. The molecule has 0 amide bonds. The van der Waals surface area contributed by atoms with Crippen molar-refractivity contribution >= 4 is 17.9 Å². The van der Waals surface area contributed by atoms with Gasteiger partial charge in [-0.2, -0.15) is 0 Å². The number of fused-ring (bicyclic) bond motifs is 4. The fourth-order valence-corrected chi connectivity index (χ4v) is 8.61. The fourth-order valence-electron chi connectivity index (χ4n) is 8.61. The van der Waals surface area contributed by atoms with E-state index in [2.05, 4.69) is 0 Å². The second-order valence-electron chi connectivity index (χ2n) is 12.3. The van der Waals surface area contributed by atoms with Crippen LogP contribution in [0.2, 0.25) is 0 Å². The molecule has 1 aromatic rings. The van der Waals surface area contributed by atoms with Crippen molar-refractivity contribution < 1.29 is 48.7 Å². The maximum absolute atomic E-state index is 13.7. The van der Waals surface area contributed by atoms with E-state index in [4.69, 9.17) is 18.9 Å². The van der Waals surface area contributed by atoms with E-state index in [1.165, 1.54) is 6.92 Å². The number of ether oxygens (including phenoxy) is 4. The Morgan fingerprint density at radius 2 is 1.85 bits per heavy atom. The van der Waals surface area contributed by atoms with E-state index in [1.54, 1.807) is 51.1 Å². The molecule has 2 saturated heterocycles. The van der Waals surface area contributed by atoms with Gasteiger partial charge in [-0.3, -0.25) is 4.79 Å². The molecule has 1 spiro atoms. The van der Waals surface area contributed by atoms with Gasteiger partial charge in [-0.25, -0.2) is 9.59 Å². The van der Waals surface area contributed by atoms with E-state index >= 15 is 0 Å². The molecule has 5 aliphatic rings. The van der Waals surface area contributed by atoms with E-state index in [0.29, 0.717) is 12.0 Å². The average molecular weight is 543 g/mol. The lowest BCUT2D eigenvalue weighted by Crippen LogP contribution is -2.85. The van der Waals surface area contributed by atoms with E-state index < -0.39 is 69.8 Å². The highest BCUT2D eigenvalue weighted by molar-refractivity contribution is 5.91. The van der Waals surface area contributed by atoms with Crippen LogP contribution in [0, 0.1) is 16.7 Å². The molecule has 3 aliphatic carbocycles. The molecule has 0 unspecified atom stereocenters. The van der Waals surface area contributed by atoms with Gasteiger partial charge in [-0.1, -0.05) is 23.8 Å². The van der Waals surface area contributed by atoms with Crippen LogP contribution >= 0.6 is 0 Å². The molecule has 39 heavy (non-hydrogen) atoms. The third kappa shape index (κ3) is 2.98. The molecule has 210 valence electrons. The van der Waals surface area contributed by atoms with Crippen LogP contribution in [0.1, 0.15) is 57.3 Å². The number of esters is 3. The summed E-state index contributed by atoms with van der Waals surface area (Å²) < 4.78 is 23.7. The predicted molar refractivity (Wildman–Crippen MR) is 133 cm³/mol. The molecule has 0 aromatic heterocycles. The first-order chi connectivity index (χ1) is 18.3. The molecule has 3 N–H and O–H groups in total. The number of hydrogen-bond acceptors (Lipinski definition) is 10. The summed E-state index contributed by atoms with van der Waals surface area (Å²) in [6.45, 7) is 5.63. The van der Waals surface area contributed by atoms with E-state index in [0.717, 1.165) is 0 Å². The number of carbonyl (C=O) groups is 3. The third-order valence-corrected chi connectivity index (χ3v) is 10.2. The lowest BCUT2D eigenvalue weighted by Gasteiger charge is -2.70. The van der Waals surface area contributed by atoms with E-state index in [1.807, 2.05) is 0 Å². The molecule has 0 bridgehead atoms. The van der Waals surface area contributed by atoms with Gasteiger partial charge in [-0.15, -0.1) is 0 Å². The summed E-state index contributed by atoms with van der Waals surface area (Å²) in [4.78, 5) is 39.8. The van der Waals surface area contributed by atoms with Crippen LogP contribution in [0.25, 0.3) is 0 Å². The number of rotatable bonds is 4. The minimum absolute atomic E-state index is 0.0378. The highest BCUT2D eigenvalue weighted by Gasteiger charge is 2.88. The number of cyclic esters (lactones) is 1. The van der Waals surface area contributed by atoms with Crippen LogP contribution in [-0.4, -0.2) is 81.6 Å². The van der Waals surface area contributed by atoms with Crippen LogP contribution in [-0.2, 0) is 28.5 Å². The summed E-state index contributed by atoms with van der Waals surface area (Å²) in [5.41, 5.74) is -7.53. The van der Waals surface area contributed by atoms with Gasteiger partial charge in [0.25, 0.3) is 0 Å². The summed E-state index contributed by atoms with van der Waals surface area (Å²) in [6, 6.07) is 8.34. The average Bonchev–Trinajstić information content (AvgIpc) is 3.36. The summed E-state index contributed by atoms with van der Waals surface area (Å²) in [6.07, 6.45) is -2.75. The van der Waals surface area contributed by atoms with Gasteiger partial charge < -0.3 is 34.3 Å². The Bertz CT molecular complexity index is 1280. The Morgan fingerprint density at radius 1 is 1.15 bits per heavy atom. The number of allylic oxidation sites excluding steroid dienone is 1. The first-order valence-electron chi connectivity index (χ1n) is 13.4. The number of benzene rings is 1. The molecule has 0 radical (unpaired) electrons. The van der Waals surface area contributed by atoms with Crippen LogP contribution < -0.4 is 0 Å². The lowest BCUT2D eigenvalue weighted by molar-refractivity contribution is -0.368. The largest absolute Gasteiger partial charge is 0.462 e. The molecule has 10 heteroatoms. The van der Waals surface area contributed by atoms with Gasteiger partial charge in [-0.05, 0) is 51.3 Å². The summed E-state index contributed by atoms with van der Waals surface area (Å²) in [7, 11) is 0. The van der Waals surface area contributed by atoms with Gasteiger partial charge in [0, 0.05) is 13.3 Å². The monoisotopic (exact) mass is 542 g/mol. The smallest absolute Gasteiger partial charge is 0.343 e. The molecule has 2 heterocycles. The van der Waals surface area contributed by atoms with Crippen LogP contribution in [0.3, 0.4) is 0 Å². The fraction of sp³-hybridized carbons (Fsp3) is 0.621. The second kappa shape index (κ2) is 8.13. The van der Waals surface area contributed by atoms with Crippen molar-refractivity contribution in [3.8, 4) is 0 Å². The van der Waals surface area contributed by atoms with Crippen molar-refractivity contribution in [2.24, 2.45) is 16.7 Å². The molecule has 8 atom stereocenters. The second-order valence-corrected chi connectivity index (χ2v) is 12.3. The zero-order chi connectivity index (χ0) is 28.2. The Morgan fingerprint density at radius 3 is 2.44 bits per heavy atom. The Balaban J connectivity index is 1.67. The van der Waals surface area contributed by atoms with Gasteiger partial charge in [0.2, 0.25) is 0 Å². The van der Waals surface area contributed by atoms with Gasteiger partial charge in [0.15, 0.2) is 11.2 Å². The molecule has 2 saturated carbocycles. The molecule has 4 fully saturated rings. The minimum atomic E-state index is -2.36. The number of aliphatic hydroxyl groups is 3. The van der Waals surface area contributed by atoms with Crippen molar-refractivity contribution in [1.29, 1.82) is 0 Å². The van der Waals surface area contributed by atoms with Crippen molar-refractivity contribution in [3.05, 3.63) is 47.0 Å². The number of hydrogen-bond donors (Lipinski definition) is 3. The molecular formula is C29H34O10. The van der Waals surface area contributed by atoms with Crippen LogP contribution in [0.15, 0.2) is 41.5 Å². The SMILES string of the molecule is CC(=O)O[C@]12CO[C@@H]1C[C@H](O)[C@@]13COC(=O)[C@]1(O)C1=C(C)CC[C@@]1(C(C)(C)O)[C@@H](OC(=O)c1ccccc1)[C@@H]23. The minimum Gasteiger partial charge on any atom is -0.462 e. The van der Waals surface area contributed by atoms with Gasteiger partial charge in [0.05, 0.1) is 40.6 Å². The summed E-state index contributed by atoms with van der Waals surface area (Å²) in [5.74, 6) is -3.41. The normalized spacial score (nSPS) is 42.4. The van der Waals surface area contributed by atoms with Crippen molar-refractivity contribution in [2.75, 3.05) is 13.2 Å². The lowest BCUT2D eigenvalue weighted by atomic mass is 9.38. The third-order valence-electron chi connectivity index (χ3n) is 10.2. The zero-order valence-electron chi connectivity index (χ0n) is 22.4. The van der Waals surface area contributed by atoms with Crippen molar-refractivity contribution in [3.63, 3.8) is 0 Å². The maximum atomic E-state index is 13.7. The Hall–Kier alpha value is -2.79. The van der Waals surface area contributed by atoms with E-state index in [-0.39, 0.29) is 37.2 Å². The van der Waals surface area contributed by atoms with Gasteiger partial charge >= 0.3 is 17.9 Å². The quantitative estimate of drug-likeness (QED) is 0.290. The predicted octanol–water partition coefficient (Wildman–Crippen LogP) is 1.45. The standard InChI is InChI=1S/C29H34O10/c1-15-10-11-26(25(3,4)34)20(15)29(35)24(33)37-13-27(29)18(31)12-19-28(14-36-19,39-16(2)30)21(27)22(26)38-23(32)17-8-6-5-7-9-17/h5-9,18-19,21-22,31,34-35H,10-14H2,1-4H3/t18-,19+,21+,22-,26-,27+,28+,29+/m0/s1. The van der Waals surface area contributed by atoms with Crippen LogP contribution in [0.5, 0.6) is 0 Å². The van der Waals surface area contributed by atoms with Crippen molar-refractivity contribution in [2.45, 2.75) is 82.1 Å². The van der Waals surface area contributed by atoms with Gasteiger partial charge in [0.1, 0.15) is 18.8 Å². The maximum Gasteiger partial charge on any atom is 0.343 e. The van der Waals surface area contributed by atoms with Crippen molar-refractivity contribution in [1.82, 2.24) is 0 Å². The first kappa shape index (κ1) is 26.4. The topological polar surface area (TPSA) is 149 Å². The highest BCUT2D eigenvalue weighted by Crippen LogP contribution is 2.74. The molecule has 10 nitrogen and oxygen atoms in total. The Kier molecular flexibility index (Phi) is 5.51. The molecular weight excluding hydrogens is 508 g/mol. The summed E-state index contributed by atoms with van der Waals surface area (Å²) >= 11 is 0. The number of aliphatic hydroxyl groups excluding tert-OH is 1. The van der Waals surface area contributed by atoms with Crippen LogP contribution in [0.4, 0.5) is 0 Å². The molecule has 6 rings (SSSR count). The molecule has 1 aromatic carbocycles. The molecule has 2 aliphatic heterocycles. The Labute approximate surface area is 225 Å². The summed E-state index contributed by atoms with van der Waals surface area (Å²) in [5, 5.41) is 36.3. The highest BCUT2D eigenvalue weighted by atomic mass is 16.6. The first-order valence-corrected chi connectivity index (χ1v) is 13.4.